The van der Waals surface area contributed by atoms with Gasteiger partial charge in [-0.3, -0.25) is 4.79 Å². The zero-order valence-electron chi connectivity index (χ0n) is 14.9. The van der Waals surface area contributed by atoms with Crippen LogP contribution < -0.4 is 5.32 Å². The Morgan fingerprint density at radius 2 is 1.81 bits per heavy atom. The van der Waals surface area contributed by atoms with E-state index in [0.717, 1.165) is 17.0 Å². The third kappa shape index (κ3) is 5.17. The molecule has 1 heterocycles. The number of hydrogen-bond donors (Lipinski definition) is 1. The number of nitrogens with one attached hydrogen (secondary N) is 1. The van der Waals surface area contributed by atoms with E-state index < -0.39 is 0 Å². The Hall–Kier alpha value is -2.65. The van der Waals surface area contributed by atoms with Gasteiger partial charge in [0, 0.05) is 16.6 Å². The van der Waals surface area contributed by atoms with E-state index >= 15 is 0 Å². The van der Waals surface area contributed by atoms with Crippen LogP contribution in [0.2, 0.25) is 0 Å². The Labute approximate surface area is 159 Å². The molecule has 0 fully saturated rings. The first kappa shape index (κ1) is 18.2. The number of unbranched alkanes of at least 4 members (excludes halogenated alkanes) is 1. The molecule has 0 bridgehead atoms. The van der Waals surface area contributed by atoms with Crippen LogP contribution in [0.15, 0.2) is 72.1 Å². The predicted octanol–water partition coefficient (Wildman–Crippen LogP) is 6.41. The molecule has 132 valence electrons. The highest BCUT2D eigenvalue weighted by molar-refractivity contribution is 7.11. The minimum absolute atomic E-state index is 0.110. The molecule has 2 nitrogen and oxygen atoms in total. The molecule has 0 unspecified atom stereocenters. The molecule has 0 aliphatic carbocycles. The molecule has 0 atom stereocenters. The molecule has 0 saturated carbocycles. The number of amides is 1. The highest BCUT2D eigenvalue weighted by Crippen LogP contribution is 2.26. The Morgan fingerprint density at radius 3 is 2.54 bits per heavy atom. The summed E-state index contributed by atoms with van der Waals surface area (Å²) in [4.78, 5) is 13.2. The van der Waals surface area contributed by atoms with Crippen molar-refractivity contribution in [3.05, 3.63) is 82.6 Å². The Bertz CT molecular complexity index is 863. The van der Waals surface area contributed by atoms with E-state index in [4.69, 9.17) is 0 Å². The molecular weight excluding hydrogens is 338 g/mol. The molecule has 0 spiro atoms. The van der Waals surface area contributed by atoms with E-state index in [1.807, 2.05) is 36.4 Å². The lowest BCUT2D eigenvalue weighted by molar-refractivity contribution is -0.111. The van der Waals surface area contributed by atoms with Gasteiger partial charge in [0.05, 0.1) is 0 Å². The monoisotopic (exact) mass is 361 g/mol. The van der Waals surface area contributed by atoms with E-state index in [0.29, 0.717) is 0 Å². The Balaban J connectivity index is 1.57. The zero-order chi connectivity index (χ0) is 18.2. The second kappa shape index (κ2) is 9.16. The van der Waals surface area contributed by atoms with Gasteiger partial charge < -0.3 is 5.32 Å². The first-order chi connectivity index (χ1) is 12.7. The highest BCUT2D eigenvalue weighted by atomic mass is 32.1. The summed E-state index contributed by atoms with van der Waals surface area (Å²) in [6.45, 7) is 2.19. The lowest BCUT2D eigenvalue weighted by Gasteiger charge is -2.04. The second-order valence-corrected chi connectivity index (χ2v) is 7.17. The predicted molar refractivity (Wildman–Crippen MR) is 112 cm³/mol. The molecule has 1 N–H and O–H groups in total. The van der Waals surface area contributed by atoms with Crippen molar-refractivity contribution in [3.63, 3.8) is 0 Å². The highest BCUT2D eigenvalue weighted by Gasteiger charge is 2.02. The van der Waals surface area contributed by atoms with Crippen molar-refractivity contribution in [2.24, 2.45) is 0 Å². The lowest BCUT2D eigenvalue weighted by atomic mass is 10.1. The number of carbonyl (C=O) groups is 1. The third-order valence-corrected chi connectivity index (χ3v) is 5.06. The minimum atomic E-state index is -0.110. The van der Waals surface area contributed by atoms with Crippen molar-refractivity contribution in [1.82, 2.24) is 0 Å². The van der Waals surface area contributed by atoms with Crippen LogP contribution in [0.5, 0.6) is 0 Å². The van der Waals surface area contributed by atoms with Crippen molar-refractivity contribution in [3.8, 4) is 11.1 Å². The number of thiophene rings is 1. The number of rotatable bonds is 7. The van der Waals surface area contributed by atoms with E-state index in [1.165, 1.54) is 29.5 Å². The largest absolute Gasteiger partial charge is 0.323 e. The Kier molecular flexibility index (Phi) is 6.39. The summed E-state index contributed by atoms with van der Waals surface area (Å²) in [5.74, 6) is -0.110. The van der Waals surface area contributed by atoms with Gasteiger partial charge in [-0.1, -0.05) is 55.8 Å². The minimum Gasteiger partial charge on any atom is -0.323 e. The number of hydrogen-bond acceptors (Lipinski definition) is 2. The van der Waals surface area contributed by atoms with Crippen LogP contribution in [0.25, 0.3) is 17.2 Å². The van der Waals surface area contributed by atoms with Crippen molar-refractivity contribution in [2.75, 3.05) is 5.32 Å². The van der Waals surface area contributed by atoms with Crippen LogP contribution in [0.1, 0.15) is 30.2 Å². The molecule has 0 saturated heterocycles. The maximum absolute atomic E-state index is 12.1. The molecule has 1 amide bonds. The quantitative estimate of drug-likeness (QED) is 0.484. The van der Waals surface area contributed by atoms with Gasteiger partial charge in [-0.05, 0) is 59.2 Å². The third-order valence-electron chi connectivity index (χ3n) is 4.17. The molecular formula is C23H23NOS. The number of anilines is 1. The van der Waals surface area contributed by atoms with Crippen molar-refractivity contribution in [1.29, 1.82) is 0 Å². The molecule has 3 rings (SSSR count). The first-order valence-corrected chi connectivity index (χ1v) is 9.84. The van der Waals surface area contributed by atoms with Gasteiger partial charge in [0.25, 0.3) is 0 Å². The average molecular weight is 362 g/mol. The van der Waals surface area contributed by atoms with Crippen LogP contribution in [0.4, 0.5) is 5.69 Å². The smallest absolute Gasteiger partial charge is 0.248 e. The van der Waals surface area contributed by atoms with Crippen molar-refractivity contribution < 1.29 is 4.79 Å². The first-order valence-electron chi connectivity index (χ1n) is 8.96. The van der Waals surface area contributed by atoms with E-state index in [9.17, 15) is 4.79 Å². The van der Waals surface area contributed by atoms with Gasteiger partial charge in [-0.2, -0.15) is 0 Å². The molecule has 3 heteroatoms. The second-order valence-electron chi connectivity index (χ2n) is 6.23. The zero-order valence-corrected chi connectivity index (χ0v) is 15.8. The topological polar surface area (TPSA) is 29.1 Å². The lowest BCUT2D eigenvalue weighted by Crippen LogP contribution is -2.07. The summed E-state index contributed by atoms with van der Waals surface area (Å²) < 4.78 is 0. The van der Waals surface area contributed by atoms with Gasteiger partial charge in [-0.15, -0.1) is 11.3 Å². The average Bonchev–Trinajstić information content (AvgIpc) is 3.16. The van der Waals surface area contributed by atoms with E-state index in [1.54, 1.807) is 17.4 Å². The van der Waals surface area contributed by atoms with Gasteiger partial charge in [0.15, 0.2) is 0 Å². The van der Waals surface area contributed by atoms with Crippen molar-refractivity contribution >= 4 is 29.0 Å². The van der Waals surface area contributed by atoms with E-state index in [2.05, 4.69) is 48.0 Å². The molecule has 0 aliphatic heterocycles. The molecule has 0 radical (unpaired) electrons. The number of benzene rings is 2. The maximum atomic E-state index is 12.1. The van der Waals surface area contributed by atoms with Crippen LogP contribution >= 0.6 is 11.3 Å². The fraction of sp³-hybridized carbons (Fsp3) is 0.174. The molecule has 2 aromatic carbocycles. The molecule has 26 heavy (non-hydrogen) atoms. The fourth-order valence-electron chi connectivity index (χ4n) is 2.70. The fourth-order valence-corrected chi connectivity index (χ4v) is 3.51. The van der Waals surface area contributed by atoms with Gasteiger partial charge >= 0.3 is 0 Å². The molecule has 3 aromatic rings. The summed E-state index contributed by atoms with van der Waals surface area (Å²) in [6, 6.07) is 20.5. The normalized spacial score (nSPS) is 11.0. The summed E-state index contributed by atoms with van der Waals surface area (Å²) in [7, 11) is 0. The summed E-state index contributed by atoms with van der Waals surface area (Å²) >= 11 is 1.64. The molecule has 0 aliphatic rings. The van der Waals surface area contributed by atoms with Gasteiger partial charge in [0.1, 0.15) is 0 Å². The van der Waals surface area contributed by atoms with Gasteiger partial charge in [0.2, 0.25) is 5.91 Å². The number of carbonyl (C=O) groups excluding carboxylic acids is 1. The van der Waals surface area contributed by atoms with Crippen LogP contribution in [0.3, 0.4) is 0 Å². The van der Waals surface area contributed by atoms with Crippen LogP contribution in [-0.4, -0.2) is 5.91 Å². The summed E-state index contributed by atoms with van der Waals surface area (Å²) in [5, 5.41) is 5.03. The summed E-state index contributed by atoms with van der Waals surface area (Å²) in [6.07, 6.45) is 6.93. The van der Waals surface area contributed by atoms with Crippen LogP contribution in [0, 0.1) is 0 Å². The van der Waals surface area contributed by atoms with Crippen LogP contribution in [-0.2, 0) is 11.2 Å². The summed E-state index contributed by atoms with van der Waals surface area (Å²) in [5.41, 5.74) is 4.51. The van der Waals surface area contributed by atoms with E-state index in [-0.39, 0.29) is 5.91 Å². The number of aryl methyl sites for hydroxylation is 1. The van der Waals surface area contributed by atoms with Gasteiger partial charge in [-0.25, -0.2) is 0 Å². The van der Waals surface area contributed by atoms with Crippen molar-refractivity contribution in [2.45, 2.75) is 26.2 Å². The standard InChI is InChI=1S/C23H23NOS/c1-2-3-7-18-10-12-21(13-11-18)24-23(25)15-14-22-16-20(17-26-22)19-8-5-4-6-9-19/h4-6,8-17H,2-3,7H2,1H3,(H,24,25)/b15-14+. The Morgan fingerprint density at radius 1 is 1.04 bits per heavy atom. The molecule has 1 aromatic heterocycles. The maximum Gasteiger partial charge on any atom is 0.248 e. The SMILES string of the molecule is CCCCc1ccc(NC(=O)/C=C/c2cc(-c3ccccc3)cs2)cc1.